The van der Waals surface area contributed by atoms with Crippen LogP contribution in [-0.4, -0.2) is 62.2 Å². The van der Waals surface area contributed by atoms with Gasteiger partial charge >= 0.3 is 0 Å². The van der Waals surface area contributed by atoms with E-state index in [1.54, 1.807) is 13.2 Å². The highest BCUT2D eigenvalue weighted by atomic mass is 16.5. The van der Waals surface area contributed by atoms with E-state index in [-0.39, 0.29) is 30.6 Å². The van der Waals surface area contributed by atoms with Gasteiger partial charge in [-0.3, -0.25) is 9.59 Å². The van der Waals surface area contributed by atoms with Crippen LogP contribution in [0.15, 0.2) is 42.0 Å². The first-order valence-corrected chi connectivity index (χ1v) is 11.4. The van der Waals surface area contributed by atoms with Crippen LogP contribution in [0.1, 0.15) is 42.1 Å². The first-order chi connectivity index (χ1) is 16.1. The molecule has 1 unspecified atom stereocenters. The molecule has 1 saturated heterocycles. The Morgan fingerprint density at radius 1 is 1.09 bits per heavy atom. The molecule has 1 atom stereocenters. The van der Waals surface area contributed by atoms with Gasteiger partial charge in [-0.15, -0.1) is 0 Å². The predicted octanol–water partition coefficient (Wildman–Crippen LogP) is 4.22. The number of amides is 1. The molecule has 1 aliphatic rings. The first-order valence-electron chi connectivity index (χ1n) is 11.4. The van der Waals surface area contributed by atoms with Gasteiger partial charge in [0.15, 0.2) is 0 Å². The van der Waals surface area contributed by atoms with Crippen molar-refractivity contribution in [3.63, 3.8) is 0 Å². The van der Waals surface area contributed by atoms with Crippen molar-refractivity contribution in [2.75, 3.05) is 39.3 Å². The molecule has 3 rings (SSSR count). The third-order valence-corrected chi connectivity index (χ3v) is 6.05. The van der Waals surface area contributed by atoms with Crippen LogP contribution < -0.4 is 9.64 Å². The smallest absolute Gasteiger partial charge is 0.295 e. The highest BCUT2D eigenvalue weighted by Gasteiger charge is 2.46. The van der Waals surface area contributed by atoms with Gasteiger partial charge in [-0.2, -0.15) is 0 Å². The van der Waals surface area contributed by atoms with Crippen LogP contribution in [0.5, 0.6) is 5.75 Å². The van der Waals surface area contributed by atoms with Crippen molar-refractivity contribution >= 4 is 23.1 Å². The van der Waals surface area contributed by atoms with Gasteiger partial charge in [-0.1, -0.05) is 12.1 Å². The summed E-state index contributed by atoms with van der Waals surface area (Å²) in [5, 5.41) is 11.4. The van der Waals surface area contributed by atoms with Crippen LogP contribution in [0.4, 0.5) is 5.69 Å². The number of aryl methyl sites for hydroxylation is 2. The maximum atomic E-state index is 13.2. The number of carbonyl (C=O) groups excluding carboxylic acids is 2. The second-order valence-electron chi connectivity index (χ2n) is 9.03. The number of ketones is 1. The summed E-state index contributed by atoms with van der Waals surface area (Å²) in [5.74, 6) is -0.832. The third kappa shape index (κ3) is 4.94. The van der Waals surface area contributed by atoms with Crippen molar-refractivity contribution in [3.8, 4) is 5.75 Å². The number of methoxy groups -OCH3 is 1. The Kier molecular flexibility index (Phi) is 7.67. The van der Waals surface area contributed by atoms with E-state index in [2.05, 4.69) is 0 Å². The summed E-state index contributed by atoms with van der Waals surface area (Å²) >= 11 is 0. The molecule has 2 aromatic rings. The SMILES string of the molecule is COc1cc(C)c(/C(O)=C2\C(=O)C(=O)N(CCOC(C)C)C2c2ccc(N(C)C)cc2)cc1C. The van der Waals surface area contributed by atoms with Gasteiger partial charge in [-0.25, -0.2) is 0 Å². The molecule has 1 fully saturated rings. The minimum Gasteiger partial charge on any atom is -0.507 e. The monoisotopic (exact) mass is 466 g/mol. The lowest BCUT2D eigenvalue weighted by Gasteiger charge is -2.26. The number of rotatable bonds is 8. The zero-order chi connectivity index (χ0) is 25.2. The number of likely N-dealkylation sites (tertiary alicyclic amines) is 1. The number of aliphatic hydroxyl groups is 1. The summed E-state index contributed by atoms with van der Waals surface area (Å²) in [5.41, 5.74) is 3.89. The molecule has 34 heavy (non-hydrogen) atoms. The predicted molar refractivity (Wildman–Crippen MR) is 133 cm³/mol. The lowest BCUT2D eigenvalue weighted by molar-refractivity contribution is -0.140. The second kappa shape index (κ2) is 10.3. The lowest BCUT2D eigenvalue weighted by atomic mass is 9.93. The number of ether oxygens (including phenoxy) is 2. The number of benzene rings is 2. The maximum Gasteiger partial charge on any atom is 0.295 e. The Balaban J connectivity index is 2.15. The average molecular weight is 467 g/mol. The van der Waals surface area contributed by atoms with E-state index < -0.39 is 17.7 Å². The number of hydrogen-bond donors (Lipinski definition) is 1. The van der Waals surface area contributed by atoms with Gasteiger partial charge in [0.05, 0.1) is 31.4 Å². The molecule has 0 saturated carbocycles. The highest BCUT2D eigenvalue weighted by molar-refractivity contribution is 6.46. The molecular formula is C27H34N2O5. The second-order valence-corrected chi connectivity index (χ2v) is 9.03. The summed E-state index contributed by atoms with van der Waals surface area (Å²) < 4.78 is 11.0. The molecule has 1 amide bonds. The molecule has 0 radical (unpaired) electrons. The molecule has 1 aliphatic heterocycles. The molecule has 0 spiro atoms. The van der Waals surface area contributed by atoms with E-state index in [0.717, 1.165) is 22.4 Å². The van der Waals surface area contributed by atoms with E-state index >= 15 is 0 Å². The quantitative estimate of drug-likeness (QED) is 0.356. The standard InChI is InChI=1S/C27H34N2O5/c1-16(2)34-13-12-29-24(19-8-10-20(11-9-19)28(5)6)23(26(31)27(29)32)25(30)21-14-18(4)22(33-7)15-17(21)3/h8-11,14-16,24,30H,12-13H2,1-7H3/b25-23+. The largest absolute Gasteiger partial charge is 0.507 e. The highest BCUT2D eigenvalue weighted by Crippen LogP contribution is 2.40. The Hall–Kier alpha value is -3.32. The molecule has 1 heterocycles. The fourth-order valence-corrected chi connectivity index (χ4v) is 4.21. The average Bonchev–Trinajstić information content (AvgIpc) is 3.04. The zero-order valence-electron chi connectivity index (χ0n) is 21.0. The van der Waals surface area contributed by atoms with Crippen LogP contribution in [0.25, 0.3) is 5.76 Å². The van der Waals surface area contributed by atoms with E-state index in [0.29, 0.717) is 11.3 Å². The van der Waals surface area contributed by atoms with Crippen molar-refractivity contribution < 1.29 is 24.2 Å². The normalized spacial score (nSPS) is 17.5. The molecule has 7 heteroatoms. The number of aliphatic hydroxyl groups excluding tert-OH is 1. The van der Waals surface area contributed by atoms with Crippen LogP contribution in [0, 0.1) is 13.8 Å². The van der Waals surface area contributed by atoms with E-state index in [1.807, 2.05) is 77.0 Å². The van der Waals surface area contributed by atoms with Crippen LogP contribution in [-0.2, 0) is 14.3 Å². The Bertz CT molecular complexity index is 1100. The minimum atomic E-state index is -0.714. The van der Waals surface area contributed by atoms with Crippen LogP contribution in [0.2, 0.25) is 0 Å². The van der Waals surface area contributed by atoms with E-state index in [1.165, 1.54) is 4.90 Å². The van der Waals surface area contributed by atoms with Crippen molar-refractivity contribution in [2.24, 2.45) is 0 Å². The van der Waals surface area contributed by atoms with Gasteiger partial charge in [0.2, 0.25) is 0 Å². The van der Waals surface area contributed by atoms with Gasteiger partial charge in [-0.05, 0) is 68.7 Å². The molecular weight excluding hydrogens is 432 g/mol. The van der Waals surface area contributed by atoms with E-state index in [4.69, 9.17) is 9.47 Å². The molecule has 1 N–H and O–H groups in total. The maximum absolute atomic E-state index is 13.2. The Morgan fingerprint density at radius 3 is 2.29 bits per heavy atom. The summed E-state index contributed by atoms with van der Waals surface area (Å²) in [6, 6.07) is 10.5. The fourth-order valence-electron chi connectivity index (χ4n) is 4.21. The van der Waals surface area contributed by atoms with Gasteiger partial charge < -0.3 is 24.4 Å². The van der Waals surface area contributed by atoms with Crippen LogP contribution >= 0.6 is 0 Å². The zero-order valence-corrected chi connectivity index (χ0v) is 21.0. The van der Waals surface area contributed by atoms with Gasteiger partial charge in [0.1, 0.15) is 11.5 Å². The molecule has 0 aromatic heterocycles. The van der Waals surface area contributed by atoms with Crippen molar-refractivity contribution in [1.82, 2.24) is 4.90 Å². The molecule has 0 bridgehead atoms. The molecule has 7 nitrogen and oxygen atoms in total. The molecule has 182 valence electrons. The summed E-state index contributed by atoms with van der Waals surface area (Å²) in [4.78, 5) is 29.8. The number of anilines is 1. The van der Waals surface area contributed by atoms with Crippen LogP contribution in [0.3, 0.4) is 0 Å². The van der Waals surface area contributed by atoms with Gasteiger partial charge in [0.25, 0.3) is 11.7 Å². The Morgan fingerprint density at radius 2 is 1.74 bits per heavy atom. The topological polar surface area (TPSA) is 79.3 Å². The number of hydrogen-bond acceptors (Lipinski definition) is 6. The summed E-state index contributed by atoms with van der Waals surface area (Å²) in [6.07, 6.45) is -0.000397. The lowest BCUT2D eigenvalue weighted by Crippen LogP contribution is -2.33. The van der Waals surface area contributed by atoms with E-state index in [9.17, 15) is 14.7 Å². The summed E-state index contributed by atoms with van der Waals surface area (Å²) in [6.45, 7) is 8.07. The first kappa shape index (κ1) is 25.3. The summed E-state index contributed by atoms with van der Waals surface area (Å²) in [7, 11) is 5.47. The Labute approximate surface area is 201 Å². The number of nitrogens with zero attached hydrogens (tertiary/aromatic N) is 2. The number of carbonyl (C=O) groups is 2. The fraction of sp³-hybridized carbons (Fsp3) is 0.407. The molecule has 2 aromatic carbocycles. The third-order valence-electron chi connectivity index (χ3n) is 6.05. The van der Waals surface area contributed by atoms with Gasteiger partial charge in [0, 0.05) is 31.9 Å². The van der Waals surface area contributed by atoms with Crippen molar-refractivity contribution in [1.29, 1.82) is 0 Å². The number of Topliss-reactive ketones (excluding diaryl/α,β-unsaturated/α-hetero) is 1. The van der Waals surface area contributed by atoms with Crippen molar-refractivity contribution in [3.05, 3.63) is 64.2 Å². The molecule has 0 aliphatic carbocycles. The minimum absolute atomic E-state index is 0.000397. The van der Waals surface area contributed by atoms with Crippen molar-refractivity contribution in [2.45, 2.75) is 39.8 Å².